The van der Waals surface area contributed by atoms with Crippen LogP contribution in [0.4, 0.5) is 0 Å². The summed E-state index contributed by atoms with van der Waals surface area (Å²) in [5, 5.41) is -0.260. The number of thiol groups is 1. The van der Waals surface area contributed by atoms with Crippen LogP contribution in [0.3, 0.4) is 0 Å². The van der Waals surface area contributed by atoms with Crippen molar-refractivity contribution >= 4 is 23.8 Å². The van der Waals surface area contributed by atoms with Crippen molar-refractivity contribution in [1.29, 1.82) is 0 Å². The molecule has 0 bridgehead atoms. The van der Waals surface area contributed by atoms with Crippen molar-refractivity contribution in [3.63, 3.8) is 0 Å². The molecule has 2 aromatic carbocycles. The molecule has 0 atom stereocenters. The molecule has 2 nitrogen and oxygen atoms in total. The molecule has 0 saturated heterocycles. The van der Waals surface area contributed by atoms with Gasteiger partial charge in [0.25, 0.3) is 0 Å². The first-order chi connectivity index (χ1) is 9.24. The van der Waals surface area contributed by atoms with Crippen LogP contribution in [0.1, 0.15) is 11.1 Å². The molecule has 0 spiro atoms. The number of rotatable bonds is 5. The maximum absolute atomic E-state index is 10.7. The zero-order valence-corrected chi connectivity index (χ0v) is 11.2. The maximum atomic E-state index is 10.7. The Balaban J connectivity index is 1.94. The van der Waals surface area contributed by atoms with Crippen molar-refractivity contribution in [3.8, 4) is 5.75 Å². The van der Waals surface area contributed by atoms with E-state index < -0.39 is 0 Å². The van der Waals surface area contributed by atoms with Crippen LogP contribution in [0.2, 0.25) is 0 Å². The van der Waals surface area contributed by atoms with Gasteiger partial charge < -0.3 is 4.74 Å². The Bertz CT molecular complexity index is 559. The molecule has 0 aromatic heterocycles. The Hall–Kier alpha value is -2.00. The third kappa shape index (κ3) is 4.64. The maximum Gasteiger partial charge on any atom is 0.209 e. The van der Waals surface area contributed by atoms with E-state index in [-0.39, 0.29) is 5.12 Å². The van der Waals surface area contributed by atoms with Crippen LogP contribution in [0.25, 0.3) is 6.08 Å². The van der Waals surface area contributed by atoms with Gasteiger partial charge in [-0.25, -0.2) is 0 Å². The van der Waals surface area contributed by atoms with Gasteiger partial charge in [-0.1, -0.05) is 48.5 Å². The summed E-state index contributed by atoms with van der Waals surface area (Å²) >= 11 is 3.67. The molecule has 19 heavy (non-hydrogen) atoms. The second-order valence-corrected chi connectivity index (χ2v) is 4.46. The highest BCUT2D eigenvalue weighted by Gasteiger charge is 1.95. The molecule has 0 fully saturated rings. The number of ether oxygens (including phenoxy) is 1. The Morgan fingerprint density at radius 1 is 1.05 bits per heavy atom. The third-order valence-electron chi connectivity index (χ3n) is 2.55. The minimum atomic E-state index is -0.260. The third-order valence-corrected chi connectivity index (χ3v) is 2.70. The van der Waals surface area contributed by atoms with Crippen molar-refractivity contribution < 1.29 is 9.53 Å². The number of carbonyl (C=O) groups excluding carboxylic acids is 1. The van der Waals surface area contributed by atoms with Crippen molar-refractivity contribution in [2.75, 3.05) is 0 Å². The Morgan fingerprint density at radius 3 is 2.37 bits per heavy atom. The largest absolute Gasteiger partial charge is 0.489 e. The molecule has 0 unspecified atom stereocenters. The quantitative estimate of drug-likeness (QED) is 0.662. The first kappa shape index (κ1) is 13.4. The highest BCUT2D eigenvalue weighted by atomic mass is 32.1. The molecule has 0 radical (unpaired) electrons. The number of hydrogen-bond acceptors (Lipinski definition) is 2. The van der Waals surface area contributed by atoms with Gasteiger partial charge in [0, 0.05) is 0 Å². The van der Waals surface area contributed by atoms with Gasteiger partial charge in [0.2, 0.25) is 5.12 Å². The van der Waals surface area contributed by atoms with Crippen LogP contribution in [0.15, 0.2) is 60.7 Å². The lowest BCUT2D eigenvalue weighted by Gasteiger charge is -2.06. The standard InChI is InChI=1S/C16H14O2S/c17-16(19)11-8-13-6-9-15(10-7-13)18-12-14-4-2-1-3-5-14/h1-11H,12H2,(H,17,19). The summed E-state index contributed by atoms with van der Waals surface area (Å²) in [5.74, 6) is 0.804. The fourth-order valence-electron chi connectivity index (χ4n) is 1.58. The summed E-state index contributed by atoms with van der Waals surface area (Å²) < 4.78 is 5.67. The molecule has 0 amide bonds. The van der Waals surface area contributed by atoms with Gasteiger partial charge >= 0.3 is 0 Å². The molecular weight excluding hydrogens is 256 g/mol. The van der Waals surface area contributed by atoms with Gasteiger partial charge in [-0.15, -0.1) is 12.6 Å². The van der Waals surface area contributed by atoms with Crippen LogP contribution in [0.5, 0.6) is 5.75 Å². The van der Waals surface area contributed by atoms with Crippen molar-refractivity contribution in [1.82, 2.24) is 0 Å². The van der Waals surface area contributed by atoms with Gasteiger partial charge in [-0.05, 0) is 29.3 Å². The van der Waals surface area contributed by atoms with E-state index in [9.17, 15) is 4.79 Å². The van der Waals surface area contributed by atoms with E-state index in [1.807, 2.05) is 54.6 Å². The van der Waals surface area contributed by atoms with Crippen molar-refractivity contribution in [2.45, 2.75) is 6.61 Å². The molecule has 0 heterocycles. The Labute approximate surface area is 118 Å². The van der Waals surface area contributed by atoms with Crippen LogP contribution in [-0.2, 0) is 11.4 Å². The van der Waals surface area contributed by atoms with Gasteiger partial charge in [-0.2, -0.15) is 0 Å². The fraction of sp³-hybridized carbons (Fsp3) is 0.0625. The molecule has 0 aliphatic heterocycles. The molecule has 96 valence electrons. The van der Waals surface area contributed by atoms with Gasteiger partial charge in [0.05, 0.1) is 0 Å². The Kier molecular flexibility index (Phi) is 4.81. The van der Waals surface area contributed by atoms with Gasteiger partial charge in [0.1, 0.15) is 12.4 Å². The van der Waals surface area contributed by atoms with E-state index in [1.54, 1.807) is 6.08 Å². The topological polar surface area (TPSA) is 26.3 Å². The number of carbonyl (C=O) groups is 1. The van der Waals surface area contributed by atoms with E-state index >= 15 is 0 Å². The minimum Gasteiger partial charge on any atom is -0.489 e. The lowest BCUT2D eigenvalue weighted by molar-refractivity contribution is -0.106. The molecule has 2 aromatic rings. The van der Waals surface area contributed by atoms with Gasteiger partial charge in [0.15, 0.2) is 0 Å². The number of hydrogen-bond donors (Lipinski definition) is 1. The summed E-state index contributed by atoms with van der Waals surface area (Å²) in [5.41, 5.74) is 2.07. The Morgan fingerprint density at radius 2 is 1.74 bits per heavy atom. The zero-order chi connectivity index (χ0) is 13.5. The lowest BCUT2D eigenvalue weighted by atomic mass is 10.2. The van der Waals surface area contributed by atoms with Crippen molar-refractivity contribution in [3.05, 3.63) is 71.8 Å². The highest BCUT2D eigenvalue weighted by Crippen LogP contribution is 2.15. The summed E-state index contributed by atoms with van der Waals surface area (Å²) in [6.45, 7) is 0.547. The minimum absolute atomic E-state index is 0.260. The molecule has 0 aliphatic rings. The molecule has 2 rings (SSSR count). The molecule has 0 aliphatic carbocycles. The monoisotopic (exact) mass is 270 g/mol. The predicted molar refractivity (Wildman–Crippen MR) is 80.2 cm³/mol. The summed E-state index contributed by atoms with van der Waals surface area (Å²) in [6, 6.07) is 17.6. The SMILES string of the molecule is O=C(S)C=Cc1ccc(OCc2ccccc2)cc1. The highest BCUT2D eigenvalue weighted by molar-refractivity contribution is 7.97. The van der Waals surface area contributed by atoms with Crippen molar-refractivity contribution in [2.24, 2.45) is 0 Å². The second-order valence-electron chi connectivity index (χ2n) is 4.01. The van der Waals surface area contributed by atoms with E-state index in [0.717, 1.165) is 16.9 Å². The smallest absolute Gasteiger partial charge is 0.209 e. The van der Waals surface area contributed by atoms with Gasteiger partial charge in [-0.3, -0.25) is 4.79 Å². The number of benzene rings is 2. The van der Waals surface area contributed by atoms with E-state index in [1.165, 1.54) is 6.08 Å². The van der Waals surface area contributed by atoms with E-state index in [0.29, 0.717) is 6.61 Å². The average molecular weight is 270 g/mol. The normalized spacial score (nSPS) is 10.6. The fourth-order valence-corrected chi connectivity index (χ4v) is 1.66. The average Bonchev–Trinajstić information content (AvgIpc) is 2.45. The van der Waals surface area contributed by atoms with E-state index in [2.05, 4.69) is 12.6 Å². The predicted octanol–water partition coefficient (Wildman–Crippen LogP) is 3.74. The lowest BCUT2D eigenvalue weighted by Crippen LogP contribution is -1.94. The van der Waals surface area contributed by atoms with Crippen LogP contribution >= 0.6 is 12.6 Å². The molecule has 0 N–H and O–H groups in total. The second kappa shape index (κ2) is 6.81. The summed E-state index contributed by atoms with van der Waals surface area (Å²) in [6.07, 6.45) is 3.14. The summed E-state index contributed by atoms with van der Waals surface area (Å²) in [7, 11) is 0. The molecular formula is C16H14O2S. The van der Waals surface area contributed by atoms with Crippen LogP contribution in [0, 0.1) is 0 Å². The van der Waals surface area contributed by atoms with E-state index in [4.69, 9.17) is 4.74 Å². The van der Waals surface area contributed by atoms with Crippen LogP contribution < -0.4 is 4.74 Å². The first-order valence-electron chi connectivity index (χ1n) is 5.92. The first-order valence-corrected chi connectivity index (χ1v) is 6.36. The molecule has 0 saturated carbocycles. The zero-order valence-electron chi connectivity index (χ0n) is 10.3. The molecule has 3 heteroatoms. The summed E-state index contributed by atoms with van der Waals surface area (Å²) in [4.78, 5) is 10.7. The van der Waals surface area contributed by atoms with Crippen LogP contribution in [-0.4, -0.2) is 5.12 Å².